The summed E-state index contributed by atoms with van der Waals surface area (Å²) in [6.07, 6.45) is 1.73. The molecule has 0 aliphatic carbocycles. The molecule has 150 valence electrons. The van der Waals surface area contributed by atoms with Crippen molar-refractivity contribution in [1.29, 1.82) is 0 Å². The monoisotopic (exact) mass is 385 g/mol. The molecular formula is C21H27N3O4. The van der Waals surface area contributed by atoms with Crippen molar-refractivity contribution < 1.29 is 18.9 Å². The average molecular weight is 385 g/mol. The number of rotatable bonds is 7. The van der Waals surface area contributed by atoms with Crippen molar-refractivity contribution in [3.05, 3.63) is 42.5 Å². The lowest BCUT2D eigenvalue weighted by molar-refractivity contribution is 0.297. The molecule has 1 heterocycles. The van der Waals surface area contributed by atoms with E-state index in [2.05, 4.69) is 15.6 Å². The number of hydrogen-bond donors (Lipinski definition) is 2. The number of anilines is 1. The molecule has 7 heteroatoms. The molecule has 28 heavy (non-hydrogen) atoms. The molecule has 0 radical (unpaired) electrons. The van der Waals surface area contributed by atoms with Crippen LogP contribution in [-0.4, -0.2) is 46.5 Å². The van der Waals surface area contributed by atoms with Gasteiger partial charge in [-0.05, 0) is 42.8 Å². The largest absolute Gasteiger partial charge is 0.497 e. The molecule has 0 amide bonds. The predicted molar refractivity (Wildman–Crippen MR) is 110 cm³/mol. The van der Waals surface area contributed by atoms with Crippen LogP contribution in [0.2, 0.25) is 0 Å². The van der Waals surface area contributed by atoms with Crippen LogP contribution in [0.4, 0.5) is 5.69 Å². The van der Waals surface area contributed by atoms with Gasteiger partial charge in [-0.1, -0.05) is 0 Å². The Bertz CT molecular complexity index is 778. The first-order chi connectivity index (χ1) is 13.8. The van der Waals surface area contributed by atoms with Crippen LogP contribution in [0.25, 0.3) is 0 Å². The van der Waals surface area contributed by atoms with Crippen molar-refractivity contribution in [1.82, 2.24) is 5.32 Å². The molecule has 7 nitrogen and oxygen atoms in total. The Labute approximate surface area is 165 Å². The maximum atomic E-state index is 5.73. The molecular weight excluding hydrogens is 358 g/mol. The molecule has 0 saturated heterocycles. The third-order valence-electron chi connectivity index (χ3n) is 4.18. The highest BCUT2D eigenvalue weighted by Gasteiger charge is 2.11. The number of hydrogen-bond acceptors (Lipinski definition) is 5. The fourth-order valence-electron chi connectivity index (χ4n) is 2.70. The highest BCUT2D eigenvalue weighted by Crippen LogP contribution is 2.32. The molecule has 0 bridgehead atoms. The highest BCUT2D eigenvalue weighted by molar-refractivity contribution is 5.93. The number of nitrogens with one attached hydrogen (secondary N) is 2. The highest BCUT2D eigenvalue weighted by atomic mass is 16.5. The topological polar surface area (TPSA) is 73.3 Å². The molecule has 0 aromatic heterocycles. The lowest BCUT2D eigenvalue weighted by Gasteiger charge is -2.14. The molecule has 1 aliphatic heterocycles. The first kappa shape index (κ1) is 19.7. The lowest BCUT2D eigenvalue weighted by atomic mass is 10.3. The fourth-order valence-corrected chi connectivity index (χ4v) is 2.70. The van der Waals surface area contributed by atoms with Crippen LogP contribution in [0.1, 0.15) is 12.8 Å². The number of methoxy groups -OCH3 is 1. The summed E-state index contributed by atoms with van der Waals surface area (Å²) in [6, 6.07) is 13.4. The summed E-state index contributed by atoms with van der Waals surface area (Å²) in [7, 11) is 3.39. The van der Waals surface area contributed by atoms with Gasteiger partial charge in [0, 0.05) is 31.8 Å². The van der Waals surface area contributed by atoms with Gasteiger partial charge in [0.1, 0.15) is 11.5 Å². The molecule has 3 rings (SSSR count). The first-order valence-corrected chi connectivity index (χ1v) is 9.42. The van der Waals surface area contributed by atoms with Crippen LogP contribution in [0, 0.1) is 0 Å². The van der Waals surface area contributed by atoms with Crippen LogP contribution < -0.4 is 29.6 Å². The number of fused-ring (bicyclic) bond motifs is 1. The summed E-state index contributed by atoms with van der Waals surface area (Å²) in [6.45, 7) is 2.69. The number of guanidine groups is 1. The van der Waals surface area contributed by atoms with Crippen LogP contribution in [-0.2, 0) is 0 Å². The Balaban J connectivity index is 1.41. The minimum atomic E-state index is 0.611. The maximum Gasteiger partial charge on any atom is 0.195 e. The Morgan fingerprint density at radius 1 is 1.04 bits per heavy atom. The molecule has 0 saturated carbocycles. The molecule has 0 atom stereocenters. The van der Waals surface area contributed by atoms with Gasteiger partial charge in [0.15, 0.2) is 17.5 Å². The van der Waals surface area contributed by atoms with Gasteiger partial charge in [0.25, 0.3) is 0 Å². The second kappa shape index (κ2) is 10.3. The van der Waals surface area contributed by atoms with E-state index in [1.54, 1.807) is 14.2 Å². The van der Waals surface area contributed by atoms with E-state index in [1.807, 2.05) is 42.5 Å². The van der Waals surface area contributed by atoms with Crippen molar-refractivity contribution >= 4 is 11.6 Å². The van der Waals surface area contributed by atoms with Crippen molar-refractivity contribution in [2.45, 2.75) is 12.8 Å². The minimum absolute atomic E-state index is 0.611. The Morgan fingerprint density at radius 3 is 2.54 bits per heavy atom. The number of benzene rings is 2. The predicted octanol–water partition coefficient (Wildman–Crippen LogP) is 3.31. The zero-order valence-corrected chi connectivity index (χ0v) is 16.4. The average Bonchev–Trinajstić information content (AvgIpc) is 2.98. The van der Waals surface area contributed by atoms with Crippen molar-refractivity contribution in [3.8, 4) is 23.0 Å². The minimum Gasteiger partial charge on any atom is -0.497 e. The number of nitrogens with zero attached hydrogens (tertiary/aromatic N) is 1. The Morgan fingerprint density at radius 2 is 1.79 bits per heavy atom. The van der Waals surface area contributed by atoms with E-state index >= 15 is 0 Å². The van der Waals surface area contributed by atoms with E-state index in [9.17, 15) is 0 Å². The molecule has 1 aliphatic rings. The van der Waals surface area contributed by atoms with E-state index in [1.165, 1.54) is 0 Å². The molecule has 0 spiro atoms. The van der Waals surface area contributed by atoms with Gasteiger partial charge in [0.2, 0.25) is 0 Å². The quantitative estimate of drug-likeness (QED) is 0.433. The smallest absolute Gasteiger partial charge is 0.195 e. The fraction of sp³-hybridized carbons (Fsp3) is 0.381. The third-order valence-corrected chi connectivity index (χ3v) is 4.18. The normalized spacial score (nSPS) is 13.4. The third kappa shape index (κ3) is 5.70. The summed E-state index contributed by atoms with van der Waals surface area (Å²) in [5, 5.41) is 6.55. The van der Waals surface area contributed by atoms with E-state index in [0.717, 1.165) is 48.1 Å². The van der Waals surface area contributed by atoms with Crippen LogP contribution >= 0.6 is 0 Å². The summed E-state index contributed by atoms with van der Waals surface area (Å²) < 4.78 is 22.2. The van der Waals surface area contributed by atoms with Crippen LogP contribution in [0.15, 0.2) is 47.5 Å². The van der Waals surface area contributed by atoms with Gasteiger partial charge in [-0.25, -0.2) is 0 Å². The van der Waals surface area contributed by atoms with Gasteiger partial charge in [-0.3, -0.25) is 4.99 Å². The molecule has 2 N–H and O–H groups in total. The Hall–Kier alpha value is -3.09. The van der Waals surface area contributed by atoms with E-state index in [0.29, 0.717) is 25.8 Å². The zero-order valence-electron chi connectivity index (χ0n) is 16.4. The van der Waals surface area contributed by atoms with Gasteiger partial charge >= 0.3 is 0 Å². The van der Waals surface area contributed by atoms with Gasteiger partial charge in [-0.2, -0.15) is 0 Å². The van der Waals surface area contributed by atoms with Crippen LogP contribution in [0.3, 0.4) is 0 Å². The lowest BCUT2D eigenvalue weighted by Crippen LogP contribution is -2.32. The molecule has 2 aromatic rings. The van der Waals surface area contributed by atoms with Crippen LogP contribution in [0.5, 0.6) is 23.0 Å². The standard InChI is InChI=1S/C21H27N3O4/c1-22-21(23-11-3-12-26-18-8-6-17(25-2)7-9-18)24-16-5-10-19-20(15-16)28-14-4-13-27-19/h5-10,15H,3-4,11-14H2,1-2H3,(H2,22,23,24). The molecule has 0 unspecified atom stereocenters. The SMILES string of the molecule is CN=C(NCCCOc1ccc(OC)cc1)Nc1ccc2c(c1)OCCCO2. The summed E-state index contributed by atoms with van der Waals surface area (Å²) in [4.78, 5) is 4.26. The summed E-state index contributed by atoms with van der Waals surface area (Å²) in [5.41, 5.74) is 0.895. The second-order valence-corrected chi connectivity index (χ2v) is 6.21. The van der Waals surface area contributed by atoms with E-state index < -0.39 is 0 Å². The summed E-state index contributed by atoms with van der Waals surface area (Å²) >= 11 is 0. The van der Waals surface area contributed by atoms with Crippen molar-refractivity contribution in [2.75, 3.05) is 45.8 Å². The van der Waals surface area contributed by atoms with Gasteiger partial charge in [-0.15, -0.1) is 0 Å². The van der Waals surface area contributed by atoms with E-state index in [4.69, 9.17) is 18.9 Å². The number of ether oxygens (including phenoxy) is 4. The molecule has 2 aromatic carbocycles. The Kier molecular flexibility index (Phi) is 7.23. The molecule has 0 fully saturated rings. The zero-order chi connectivity index (χ0) is 19.6. The van der Waals surface area contributed by atoms with Gasteiger partial charge < -0.3 is 29.6 Å². The first-order valence-electron chi connectivity index (χ1n) is 9.42. The maximum absolute atomic E-state index is 5.73. The van der Waals surface area contributed by atoms with Crippen molar-refractivity contribution in [3.63, 3.8) is 0 Å². The summed E-state index contributed by atoms with van der Waals surface area (Å²) in [5.74, 6) is 3.88. The second-order valence-electron chi connectivity index (χ2n) is 6.21. The van der Waals surface area contributed by atoms with Gasteiger partial charge in [0.05, 0.1) is 26.9 Å². The van der Waals surface area contributed by atoms with Crippen molar-refractivity contribution in [2.24, 2.45) is 4.99 Å². The number of aliphatic imine (C=N–C) groups is 1. The van der Waals surface area contributed by atoms with E-state index in [-0.39, 0.29) is 0 Å².